The van der Waals surface area contributed by atoms with Crippen LogP contribution in [-0.4, -0.2) is 11.1 Å². The Kier molecular flexibility index (Phi) is 1.72. The summed E-state index contributed by atoms with van der Waals surface area (Å²) in [5.41, 5.74) is 7.52. The molecule has 0 unspecified atom stereocenters. The SMILES string of the molecule is Cn1cccc1C1(CCN)CC1. The number of aromatic nitrogens is 1. The van der Waals surface area contributed by atoms with Crippen molar-refractivity contribution in [1.29, 1.82) is 0 Å². The lowest BCUT2D eigenvalue weighted by Gasteiger charge is -2.14. The molecular weight excluding hydrogens is 148 g/mol. The molecule has 2 nitrogen and oxygen atoms in total. The molecule has 0 aromatic carbocycles. The van der Waals surface area contributed by atoms with Gasteiger partial charge in [0, 0.05) is 24.4 Å². The second kappa shape index (κ2) is 2.63. The summed E-state index contributed by atoms with van der Waals surface area (Å²) in [7, 11) is 2.12. The maximum atomic E-state index is 5.60. The van der Waals surface area contributed by atoms with Crippen LogP contribution in [0.3, 0.4) is 0 Å². The minimum atomic E-state index is 0.451. The second-order valence-electron chi connectivity index (χ2n) is 3.82. The number of rotatable bonds is 3. The van der Waals surface area contributed by atoms with Gasteiger partial charge in [-0.25, -0.2) is 0 Å². The molecule has 1 saturated carbocycles. The molecule has 1 aromatic heterocycles. The summed E-state index contributed by atoms with van der Waals surface area (Å²) in [5.74, 6) is 0. The van der Waals surface area contributed by atoms with E-state index in [2.05, 4.69) is 29.9 Å². The molecule has 2 rings (SSSR count). The quantitative estimate of drug-likeness (QED) is 0.719. The number of hydrogen-bond acceptors (Lipinski definition) is 1. The largest absolute Gasteiger partial charge is 0.354 e. The van der Waals surface area contributed by atoms with Gasteiger partial charge in [0.15, 0.2) is 0 Å². The van der Waals surface area contributed by atoms with Crippen LogP contribution < -0.4 is 5.73 Å². The van der Waals surface area contributed by atoms with Gasteiger partial charge in [-0.2, -0.15) is 0 Å². The molecule has 2 N–H and O–H groups in total. The molecule has 1 aliphatic rings. The van der Waals surface area contributed by atoms with Gasteiger partial charge in [0.05, 0.1) is 0 Å². The first-order chi connectivity index (χ1) is 5.78. The Labute approximate surface area is 73.4 Å². The zero-order valence-electron chi connectivity index (χ0n) is 7.59. The molecule has 0 amide bonds. The van der Waals surface area contributed by atoms with Crippen molar-refractivity contribution in [2.45, 2.75) is 24.7 Å². The third kappa shape index (κ3) is 1.07. The zero-order chi connectivity index (χ0) is 8.60. The summed E-state index contributed by atoms with van der Waals surface area (Å²) in [6.07, 6.45) is 5.90. The van der Waals surface area contributed by atoms with Crippen molar-refractivity contribution in [2.24, 2.45) is 12.8 Å². The van der Waals surface area contributed by atoms with Crippen LogP contribution >= 0.6 is 0 Å². The maximum Gasteiger partial charge on any atom is 0.0234 e. The Bertz CT molecular complexity index is 271. The molecule has 0 bridgehead atoms. The van der Waals surface area contributed by atoms with E-state index < -0.39 is 0 Å². The molecule has 66 valence electrons. The average molecular weight is 164 g/mol. The number of nitrogens with two attached hydrogens (primary N) is 1. The van der Waals surface area contributed by atoms with E-state index in [0.29, 0.717) is 5.41 Å². The normalized spacial score (nSPS) is 19.5. The third-order valence-corrected chi connectivity index (χ3v) is 2.96. The fourth-order valence-corrected chi connectivity index (χ4v) is 2.07. The zero-order valence-corrected chi connectivity index (χ0v) is 7.59. The topological polar surface area (TPSA) is 30.9 Å². The molecule has 1 aromatic rings. The fourth-order valence-electron chi connectivity index (χ4n) is 2.07. The van der Waals surface area contributed by atoms with Crippen LogP contribution in [0.15, 0.2) is 18.3 Å². The standard InChI is InChI=1S/C10H16N2/c1-12-8-2-3-9(12)10(4-5-10)6-7-11/h2-3,8H,4-7,11H2,1H3. The van der Waals surface area contributed by atoms with Crippen molar-refractivity contribution in [3.63, 3.8) is 0 Å². The molecular formula is C10H16N2. The summed E-state index contributed by atoms with van der Waals surface area (Å²) >= 11 is 0. The van der Waals surface area contributed by atoms with E-state index >= 15 is 0 Å². The molecule has 1 aliphatic carbocycles. The lowest BCUT2D eigenvalue weighted by molar-refractivity contribution is 0.584. The van der Waals surface area contributed by atoms with Crippen LogP contribution in [0, 0.1) is 0 Å². The van der Waals surface area contributed by atoms with Gasteiger partial charge in [-0.1, -0.05) is 0 Å². The van der Waals surface area contributed by atoms with E-state index in [1.165, 1.54) is 18.5 Å². The van der Waals surface area contributed by atoms with E-state index in [1.54, 1.807) is 0 Å². The maximum absolute atomic E-state index is 5.60. The van der Waals surface area contributed by atoms with E-state index in [-0.39, 0.29) is 0 Å². The van der Waals surface area contributed by atoms with Crippen LogP contribution in [0.25, 0.3) is 0 Å². The Morgan fingerprint density at radius 1 is 1.58 bits per heavy atom. The average Bonchev–Trinajstić information content (AvgIpc) is 2.68. The number of aryl methyl sites for hydroxylation is 1. The minimum Gasteiger partial charge on any atom is -0.354 e. The van der Waals surface area contributed by atoms with Crippen LogP contribution in [0.1, 0.15) is 25.0 Å². The highest BCUT2D eigenvalue weighted by Crippen LogP contribution is 2.50. The molecule has 0 radical (unpaired) electrons. The molecule has 1 fully saturated rings. The van der Waals surface area contributed by atoms with Gasteiger partial charge < -0.3 is 10.3 Å². The highest BCUT2D eigenvalue weighted by molar-refractivity contribution is 5.26. The second-order valence-corrected chi connectivity index (χ2v) is 3.82. The van der Waals surface area contributed by atoms with Crippen molar-refractivity contribution >= 4 is 0 Å². The number of hydrogen-bond donors (Lipinski definition) is 1. The van der Waals surface area contributed by atoms with E-state index in [9.17, 15) is 0 Å². The molecule has 0 saturated heterocycles. The van der Waals surface area contributed by atoms with Crippen LogP contribution in [0.2, 0.25) is 0 Å². The van der Waals surface area contributed by atoms with Gasteiger partial charge in [-0.15, -0.1) is 0 Å². The Balaban J connectivity index is 2.24. The molecule has 0 atom stereocenters. The van der Waals surface area contributed by atoms with E-state index in [0.717, 1.165) is 13.0 Å². The van der Waals surface area contributed by atoms with E-state index in [4.69, 9.17) is 5.73 Å². The number of nitrogens with zero attached hydrogens (tertiary/aromatic N) is 1. The molecule has 2 heteroatoms. The van der Waals surface area contributed by atoms with Crippen molar-refractivity contribution in [3.05, 3.63) is 24.0 Å². The predicted molar refractivity (Wildman–Crippen MR) is 50.0 cm³/mol. The summed E-state index contributed by atoms with van der Waals surface area (Å²) < 4.78 is 2.22. The summed E-state index contributed by atoms with van der Waals surface area (Å²) in [6, 6.07) is 4.34. The summed E-state index contributed by atoms with van der Waals surface area (Å²) in [4.78, 5) is 0. The van der Waals surface area contributed by atoms with Gasteiger partial charge in [-0.05, 0) is 37.9 Å². The van der Waals surface area contributed by atoms with Crippen LogP contribution in [0.5, 0.6) is 0 Å². The van der Waals surface area contributed by atoms with Crippen LogP contribution in [-0.2, 0) is 12.5 Å². The monoisotopic (exact) mass is 164 g/mol. The molecule has 0 spiro atoms. The Morgan fingerprint density at radius 3 is 2.75 bits per heavy atom. The van der Waals surface area contributed by atoms with Crippen molar-refractivity contribution in [1.82, 2.24) is 4.57 Å². The van der Waals surface area contributed by atoms with Crippen molar-refractivity contribution in [2.75, 3.05) is 6.54 Å². The molecule has 0 aliphatic heterocycles. The first-order valence-corrected chi connectivity index (χ1v) is 4.60. The summed E-state index contributed by atoms with van der Waals surface area (Å²) in [6.45, 7) is 0.811. The van der Waals surface area contributed by atoms with Gasteiger partial charge >= 0.3 is 0 Å². The predicted octanol–water partition coefficient (Wildman–Crippen LogP) is 1.41. The highest BCUT2D eigenvalue weighted by atomic mass is 14.9. The fraction of sp³-hybridized carbons (Fsp3) is 0.600. The van der Waals surface area contributed by atoms with Crippen LogP contribution in [0.4, 0.5) is 0 Å². The van der Waals surface area contributed by atoms with Gasteiger partial charge in [0.25, 0.3) is 0 Å². The Hall–Kier alpha value is -0.760. The molecule has 12 heavy (non-hydrogen) atoms. The third-order valence-electron chi connectivity index (χ3n) is 2.96. The van der Waals surface area contributed by atoms with E-state index in [1.807, 2.05) is 0 Å². The van der Waals surface area contributed by atoms with Gasteiger partial charge in [-0.3, -0.25) is 0 Å². The summed E-state index contributed by atoms with van der Waals surface area (Å²) in [5, 5.41) is 0. The van der Waals surface area contributed by atoms with Gasteiger partial charge in [0.2, 0.25) is 0 Å². The van der Waals surface area contributed by atoms with Crippen molar-refractivity contribution < 1.29 is 0 Å². The van der Waals surface area contributed by atoms with Gasteiger partial charge in [0.1, 0.15) is 0 Å². The Morgan fingerprint density at radius 2 is 2.33 bits per heavy atom. The first kappa shape index (κ1) is 7.87. The molecule has 1 heterocycles. The minimum absolute atomic E-state index is 0.451. The van der Waals surface area contributed by atoms with Crippen molar-refractivity contribution in [3.8, 4) is 0 Å². The lowest BCUT2D eigenvalue weighted by Crippen LogP contribution is -2.16. The highest BCUT2D eigenvalue weighted by Gasteiger charge is 2.44. The first-order valence-electron chi connectivity index (χ1n) is 4.60. The lowest BCUT2D eigenvalue weighted by atomic mass is 9.98. The smallest absolute Gasteiger partial charge is 0.0234 e.